The van der Waals surface area contributed by atoms with Gasteiger partial charge in [0.1, 0.15) is 0 Å². The van der Waals surface area contributed by atoms with E-state index in [9.17, 15) is 4.79 Å². The van der Waals surface area contributed by atoms with Gasteiger partial charge in [-0.1, -0.05) is 23.2 Å². The van der Waals surface area contributed by atoms with Crippen LogP contribution in [0.3, 0.4) is 0 Å². The van der Waals surface area contributed by atoms with Gasteiger partial charge >= 0.3 is 0 Å². The zero-order valence-electron chi connectivity index (χ0n) is 11.9. The molecule has 0 aromatic carbocycles. The smallest absolute Gasteiger partial charge is 0.257 e. The molecule has 5 nitrogen and oxygen atoms in total. The van der Waals surface area contributed by atoms with Crippen LogP contribution in [-0.2, 0) is 4.74 Å². The van der Waals surface area contributed by atoms with Gasteiger partial charge in [0.25, 0.3) is 5.91 Å². The maximum absolute atomic E-state index is 12.6. The topological polar surface area (TPSA) is 55.3 Å². The third-order valence-electron chi connectivity index (χ3n) is 2.93. The van der Waals surface area contributed by atoms with E-state index in [-0.39, 0.29) is 21.8 Å². The van der Waals surface area contributed by atoms with Crippen molar-refractivity contribution in [3.8, 4) is 0 Å². The molecule has 2 rings (SSSR count). The van der Waals surface area contributed by atoms with E-state index in [4.69, 9.17) is 27.9 Å². The molecule has 1 aromatic rings. The lowest BCUT2D eigenvalue weighted by atomic mass is 9.98. The minimum atomic E-state index is -0.422. The highest BCUT2D eigenvalue weighted by Gasteiger charge is 2.40. The maximum atomic E-state index is 12.6. The lowest BCUT2D eigenvalue weighted by Gasteiger charge is -2.47. The summed E-state index contributed by atoms with van der Waals surface area (Å²) < 4.78 is 5.95. The van der Waals surface area contributed by atoms with Crippen molar-refractivity contribution in [1.82, 2.24) is 15.1 Å². The monoisotopic (exact) mass is 317 g/mol. The highest BCUT2D eigenvalue weighted by Crippen LogP contribution is 2.29. The number of carbonyl (C=O) groups is 1. The number of rotatable bonds is 1. The number of ether oxygens (including phenoxy) is 1. The first kappa shape index (κ1) is 15.5. The minimum absolute atomic E-state index is 0.0569. The van der Waals surface area contributed by atoms with Crippen LogP contribution in [0.25, 0.3) is 0 Å². The van der Waals surface area contributed by atoms with Gasteiger partial charge in [-0.2, -0.15) is 0 Å². The molecular weight excluding hydrogens is 301 g/mol. The number of hydrogen-bond acceptors (Lipinski definition) is 4. The quantitative estimate of drug-likeness (QED) is 0.799. The predicted molar refractivity (Wildman–Crippen MR) is 77.2 cm³/mol. The van der Waals surface area contributed by atoms with Crippen LogP contribution in [0, 0.1) is 0 Å². The molecule has 0 radical (unpaired) electrons. The van der Waals surface area contributed by atoms with Crippen molar-refractivity contribution in [1.29, 1.82) is 0 Å². The Bertz CT molecular complexity index is 530. The van der Waals surface area contributed by atoms with E-state index < -0.39 is 11.2 Å². The van der Waals surface area contributed by atoms with E-state index in [1.54, 1.807) is 4.90 Å². The first-order valence-corrected chi connectivity index (χ1v) is 7.03. The number of amides is 1. The molecule has 0 atom stereocenters. The second-order valence-corrected chi connectivity index (χ2v) is 6.90. The SMILES string of the molecule is CC1(C)CN(C(=O)c2cc(Cl)nnc2Cl)CC(C)(C)O1. The fraction of sp³-hybridized carbons (Fsp3) is 0.615. The van der Waals surface area contributed by atoms with Crippen LogP contribution < -0.4 is 0 Å². The molecular formula is C13H17Cl2N3O2. The number of nitrogens with zero attached hydrogens (tertiary/aromatic N) is 3. The van der Waals surface area contributed by atoms with Crippen molar-refractivity contribution in [3.05, 3.63) is 21.9 Å². The summed E-state index contributed by atoms with van der Waals surface area (Å²) in [5.41, 5.74) is -0.581. The molecule has 1 aliphatic rings. The van der Waals surface area contributed by atoms with E-state index in [0.29, 0.717) is 13.1 Å². The zero-order chi connectivity index (χ0) is 15.1. The number of carbonyl (C=O) groups excluding carboxylic acids is 1. The number of hydrogen-bond donors (Lipinski definition) is 0. The highest BCUT2D eigenvalue weighted by atomic mass is 35.5. The average Bonchev–Trinajstić information content (AvgIpc) is 2.27. The predicted octanol–water partition coefficient (Wildman–Crippen LogP) is 2.81. The van der Waals surface area contributed by atoms with Crippen LogP contribution in [0.5, 0.6) is 0 Å². The molecule has 0 aliphatic carbocycles. The first-order valence-electron chi connectivity index (χ1n) is 6.28. The Balaban J connectivity index is 2.31. The molecule has 2 heterocycles. The van der Waals surface area contributed by atoms with Crippen LogP contribution in [0.4, 0.5) is 0 Å². The molecule has 1 fully saturated rings. The molecule has 1 saturated heterocycles. The lowest BCUT2D eigenvalue weighted by molar-refractivity contribution is -0.171. The summed E-state index contributed by atoms with van der Waals surface area (Å²) in [5, 5.41) is 7.48. The lowest BCUT2D eigenvalue weighted by Crippen LogP contribution is -2.58. The molecule has 20 heavy (non-hydrogen) atoms. The van der Waals surface area contributed by atoms with Crippen molar-refractivity contribution >= 4 is 29.1 Å². The standard InChI is InChI=1S/C13H17Cl2N3O2/c1-12(2)6-18(7-13(3,4)20-12)11(19)8-5-9(14)16-17-10(8)15/h5H,6-7H2,1-4H3. The van der Waals surface area contributed by atoms with Crippen molar-refractivity contribution in [2.24, 2.45) is 0 Å². The summed E-state index contributed by atoms with van der Waals surface area (Å²) in [5.74, 6) is -0.212. The number of morpholine rings is 1. The average molecular weight is 318 g/mol. The largest absolute Gasteiger partial charge is 0.366 e. The number of aromatic nitrogens is 2. The third-order valence-corrected chi connectivity index (χ3v) is 3.40. The molecule has 1 aliphatic heterocycles. The van der Waals surface area contributed by atoms with Gasteiger partial charge in [-0.3, -0.25) is 4.79 Å². The van der Waals surface area contributed by atoms with E-state index in [0.717, 1.165) is 0 Å². The summed E-state index contributed by atoms with van der Waals surface area (Å²) in [6.45, 7) is 8.76. The van der Waals surface area contributed by atoms with Crippen LogP contribution in [0.15, 0.2) is 6.07 Å². The Labute approximate surface area is 128 Å². The van der Waals surface area contributed by atoms with Gasteiger partial charge in [0.05, 0.1) is 16.8 Å². The van der Waals surface area contributed by atoms with Gasteiger partial charge in [0.2, 0.25) is 0 Å². The summed E-state index contributed by atoms with van der Waals surface area (Å²) in [6, 6.07) is 1.44. The summed E-state index contributed by atoms with van der Waals surface area (Å²) in [6.07, 6.45) is 0. The van der Waals surface area contributed by atoms with Crippen molar-refractivity contribution in [2.45, 2.75) is 38.9 Å². The van der Waals surface area contributed by atoms with Gasteiger partial charge in [0, 0.05) is 13.1 Å². The molecule has 1 amide bonds. The fourth-order valence-electron chi connectivity index (χ4n) is 2.60. The minimum Gasteiger partial charge on any atom is -0.366 e. The summed E-state index contributed by atoms with van der Waals surface area (Å²) in [4.78, 5) is 14.3. The van der Waals surface area contributed by atoms with Crippen LogP contribution >= 0.6 is 23.2 Å². The fourth-order valence-corrected chi connectivity index (χ4v) is 2.92. The van der Waals surface area contributed by atoms with Gasteiger partial charge in [-0.05, 0) is 33.8 Å². The Morgan fingerprint density at radius 1 is 1.20 bits per heavy atom. The van der Waals surface area contributed by atoms with Crippen LogP contribution in [-0.4, -0.2) is 45.3 Å². The molecule has 0 unspecified atom stereocenters. The molecule has 0 saturated carbocycles. The molecule has 0 N–H and O–H groups in total. The van der Waals surface area contributed by atoms with Crippen molar-refractivity contribution in [2.75, 3.05) is 13.1 Å². The summed E-state index contributed by atoms with van der Waals surface area (Å²) >= 11 is 11.7. The second kappa shape index (κ2) is 5.13. The van der Waals surface area contributed by atoms with Gasteiger partial charge in [-0.25, -0.2) is 0 Å². The Morgan fingerprint density at radius 2 is 1.75 bits per heavy atom. The number of halogens is 2. The van der Waals surface area contributed by atoms with E-state index in [2.05, 4.69) is 10.2 Å². The van der Waals surface area contributed by atoms with Crippen molar-refractivity contribution in [3.63, 3.8) is 0 Å². The molecule has 110 valence electrons. The first-order chi connectivity index (χ1) is 9.10. The Kier molecular flexibility index (Phi) is 3.97. The Hall–Kier alpha value is -0.910. The Morgan fingerprint density at radius 3 is 2.30 bits per heavy atom. The zero-order valence-corrected chi connectivity index (χ0v) is 13.4. The van der Waals surface area contributed by atoms with Crippen LogP contribution in [0.1, 0.15) is 38.1 Å². The van der Waals surface area contributed by atoms with Gasteiger partial charge in [-0.15, -0.1) is 10.2 Å². The van der Waals surface area contributed by atoms with Crippen molar-refractivity contribution < 1.29 is 9.53 Å². The van der Waals surface area contributed by atoms with E-state index >= 15 is 0 Å². The third kappa shape index (κ3) is 3.40. The molecule has 0 spiro atoms. The van der Waals surface area contributed by atoms with Gasteiger partial charge in [0.15, 0.2) is 10.3 Å². The molecule has 1 aromatic heterocycles. The molecule has 0 bridgehead atoms. The van der Waals surface area contributed by atoms with E-state index in [1.165, 1.54) is 6.07 Å². The normalized spacial score (nSPS) is 20.8. The second-order valence-electron chi connectivity index (χ2n) is 6.15. The highest BCUT2D eigenvalue weighted by molar-refractivity contribution is 6.34. The van der Waals surface area contributed by atoms with Crippen LogP contribution in [0.2, 0.25) is 10.3 Å². The van der Waals surface area contributed by atoms with E-state index in [1.807, 2.05) is 27.7 Å². The summed E-state index contributed by atoms with van der Waals surface area (Å²) in [7, 11) is 0. The molecule has 7 heteroatoms. The van der Waals surface area contributed by atoms with Gasteiger partial charge < -0.3 is 9.64 Å². The maximum Gasteiger partial charge on any atom is 0.257 e.